The van der Waals surface area contributed by atoms with Gasteiger partial charge in [0, 0.05) is 13.1 Å². The van der Waals surface area contributed by atoms with E-state index < -0.39 is 0 Å². The second kappa shape index (κ2) is 6.86. The fourth-order valence-corrected chi connectivity index (χ4v) is 1.38. The molecular formula is C13H20N2O3. The number of hydrogen-bond donors (Lipinski definition) is 4. The average Bonchev–Trinajstić information content (AvgIpc) is 2.31. The predicted molar refractivity (Wildman–Crippen MR) is 69.3 cm³/mol. The molecular weight excluding hydrogens is 232 g/mol. The van der Waals surface area contributed by atoms with Crippen molar-refractivity contribution in [3.63, 3.8) is 0 Å². The largest absolute Gasteiger partial charge is 0.504 e. The Balaban J connectivity index is 2.28. The van der Waals surface area contributed by atoms with Crippen LogP contribution < -0.4 is 10.6 Å². The van der Waals surface area contributed by atoms with Crippen LogP contribution in [0.4, 0.5) is 0 Å². The van der Waals surface area contributed by atoms with Gasteiger partial charge in [0.2, 0.25) is 5.91 Å². The van der Waals surface area contributed by atoms with Crippen molar-refractivity contribution in [3.8, 4) is 11.5 Å². The summed E-state index contributed by atoms with van der Waals surface area (Å²) in [4.78, 5) is 11.4. The predicted octanol–water partition coefficient (Wildman–Crippen LogP) is 0.960. The van der Waals surface area contributed by atoms with Crippen molar-refractivity contribution in [3.05, 3.63) is 23.8 Å². The van der Waals surface area contributed by atoms with E-state index >= 15 is 0 Å². The Hall–Kier alpha value is -1.75. The maximum atomic E-state index is 11.4. The first-order valence-corrected chi connectivity index (χ1v) is 5.97. The van der Waals surface area contributed by atoms with E-state index in [9.17, 15) is 9.90 Å². The van der Waals surface area contributed by atoms with Crippen LogP contribution in [0.5, 0.6) is 11.5 Å². The molecule has 0 bridgehead atoms. The first-order valence-electron chi connectivity index (χ1n) is 5.97. The molecule has 0 radical (unpaired) electrons. The number of aromatic hydroxyl groups is 2. The van der Waals surface area contributed by atoms with Crippen molar-refractivity contribution in [1.29, 1.82) is 0 Å². The van der Waals surface area contributed by atoms with E-state index in [-0.39, 0.29) is 24.0 Å². The van der Waals surface area contributed by atoms with E-state index in [1.807, 2.05) is 13.8 Å². The van der Waals surface area contributed by atoms with Crippen LogP contribution in [0, 0.1) is 5.92 Å². The van der Waals surface area contributed by atoms with E-state index in [1.165, 1.54) is 12.1 Å². The van der Waals surface area contributed by atoms with Gasteiger partial charge in [-0.15, -0.1) is 0 Å². The van der Waals surface area contributed by atoms with Crippen molar-refractivity contribution in [2.45, 2.75) is 20.4 Å². The summed E-state index contributed by atoms with van der Waals surface area (Å²) in [5, 5.41) is 24.2. The van der Waals surface area contributed by atoms with Crippen molar-refractivity contribution >= 4 is 5.91 Å². The molecule has 0 saturated heterocycles. The molecule has 5 nitrogen and oxygen atoms in total. The van der Waals surface area contributed by atoms with Gasteiger partial charge in [0.15, 0.2) is 11.5 Å². The third-order valence-electron chi connectivity index (χ3n) is 2.36. The molecule has 0 spiro atoms. The highest BCUT2D eigenvalue weighted by atomic mass is 16.3. The lowest BCUT2D eigenvalue weighted by Crippen LogP contribution is -2.35. The third kappa shape index (κ3) is 5.05. The van der Waals surface area contributed by atoms with Crippen molar-refractivity contribution < 1.29 is 15.0 Å². The van der Waals surface area contributed by atoms with Gasteiger partial charge < -0.3 is 20.8 Å². The van der Waals surface area contributed by atoms with Crippen LogP contribution >= 0.6 is 0 Å². The summed E-state index contributed by atoms with van der Waals surface area (Å²) in [6, 6.07) is 4.58. The number of carbonyl (C=O) groups excluding carboxylic acids is 1. The van der Waals surface area contributed by atoms with Crippen molar-refractivity contribution in [1.82, 2.24) is 10.6 Å². The molecule has 0 aliphatic rings. The second-order valence-electron chi connectivity index (χ2n) is 4.62. The number of amides is 1. The minimum absolute atomic E-state index is 0.0494. The summed E-state index contributed by atoms with van der Waals surface area (Å²) in [5.74, 6) is 0.0849. The third-order valence-corrected chi connectivity index (χ3v) is 2.36. The maximum Gasteiger partial charge on any atom is 0.233 e. The van der Waals surface area contributed by atoms with E-state index in [0.717, 1.165) is 5.56 Å². The van der Waals surface area contributed by atoms with E-state index in [0.29, 0.717) is 19.0 Å². The molecule has 1 aromatic rings. The lowest BCUT2D eigenvalue weighted by atomic mass is 10.2. The quantitative estimate of drug-likeness (QED) is 0.568. The number of nitrogens with one attached hydrogen (secondary N) is 2. The monoisotopic (exact) mass is 252 g/mol. The number of phenols is 2. The minimum Gasteiger partial charge on any atom is -0.504 e. The Morgan fingerprint density at radius 1 is 1.28 bits per heavy atom. The second-order valence-corrected chi connectivity index (χ2v) is 4.62. The van der Waals surface area contributed by atoms with Crippen LogP contribution in [0.3, 0.4) is 0 Å². The highest BCUT2D eigenvalue weighted by Crippen LogP contribution is 2.24. The molecule has 0 saturated carbocycles. The van der Waals surface area contributed by atoms with Gasteiger partial charge in [-0.2, -0.15) is 0 Å². The Morgan fingerprint density at radius 3 is 2.61 bits per heavy atom. The summed E-state index contributed by atoms with van der Waals surface area (Å²) >= 11 is 0. The summed E-state index contributed by atoms with van der Waals surface area (Å²) in [5.41, 5.74) is 0.807. The van der Waals surface area contributed by atoms with Gasteiger partial charge in [-0.05, 0) is 23.6 Å². The van der Waals surface area contributed by atoms with Crippen LogP contribution in [0.2, 0.25) is 0 Å². The van der Waals surface area contributed by atoms with Gasteiger partial charge in [-0.3, -0.25) is 4.79 Å². The smallest absolute Gasteiger partial charge is 0.233 e. The Morgan fingerprint density at radius 2 is 2.00 bits per heavy atom. The molecule has 5 heteroatoms. The number of carbonyl (C=O) groups is 1. The van der Waals surface area contributed by atoms with Crippen LogP contribution in [-0.2, 0) is 11.3 Å². The van der Waals surface area contributed by atoms with Crippen molar-refractivity contribution in [2.24, 2.45) is 5.92 Å². The normalized spacial score (nSPS) is 10.6. The molecule has 0 unspecified atom stereocenters. The van der Waals surface area contributed by atoms with Gasteiger partial charge in [0.05, 0.1) is 6.54 Å². The lowest BCUT2D eigenvalue weighted by Gasteiger charge is -2.09. The summed E-state index contributed by atoms with van der Waals surface area (Å²) < 4.78 is 0. The molecule has 100 valence electrons. The Bertz CT molecular complexity index is 405. The van der Waals surface area contributed by atoms with Gasteiger partial charge in [0.1, 0.15) is 0 Å². The highest BCUT2D eigenvalue weighted by molar-refractivity contribution is 5.77. The number of rotatable bonds is 6. The molecule has 1 rings (SSSR count). The van der Waals surface area contributed by atoms with E-state index in [2.05, 4.69) is 10.6 Å². The fraction of sp³-hybridized carbons (Fsp3) is 0.462. The summed E-state index contributed by atoms with van der Waals surface area (Å²) in [7, 11) is 0. The standard InChI is InChI=1S/C13H20N2O3/c1-9(2)6-15-13(18)8-14-7-10-3-4-11(16)12(17)5-10/h3-5,9,14,16-17H,6-8H2,1-2H3,(H,15,18). The maximum absolute atomic E-state index is 11.4. The van der Waals surface area contributed by atoms with E-state index in [4.69, 9.17) is 5.11 Å². The SMILES string of the molecule is CC(C)CNC(=O)CNCc1ccc(O)c(O)c1. The molecule has 1 amide bonds. The molecule has 0 heterocycles. The summed E-state index contributed by atoms with van der Waals surface area (Å²) in [6.07, 6.45) is 0. The first-order chi connectivity index (χ1) is 8.49. The molecule has 1 aromatic carbocycles. The summed E-state index contributed by atoms with van der Waals surface area (Å²) in [6.45, 7) is 5.43. The number of phenolic OH excluding ortho intramolecular Hbond substituents is 2. The molecule has 0 aliphatic carbocycles. The minimum atomic E-state index is -0.154. The Kier molecular flexibility index (Phi) is 5.45. The first kappa shape index (κ1) is 14.3. The molecule has 0 aromatic heterocycles. The fourth-order valence-electron chi connectivity index (χ4n) is 1.38. The number of hydrogen-bond acceptors (Lipinski definition) is 4. The molecule has 4 N–H and O–H groups in total. The lowest BCUT2D eigenvalue weighted by molar-refractivity contribution is -0.120. The van der Waals surface area contributed by atoms with Gasteiger partial charge in [0.25, 0.3) is 0 Å². The number of benzene rings is 1. The Labute approximate surface area is 107 Å². The van der Waals surface area contributed by atoms with E-state index in [1.54, 1.807) is 6.07 Å². The van der Waals surface area contributed by atoms with Crippen LogP contribution in [-0.4, -0.2) is 29.2 Å². The van der Waals surface area contributed by atoms with Gasteiger partial charge in [-0.25, -0.2) is 0 Å². The molecule has 18 heavy (non-hydrogen) atoms. The zero-order chi connectivity index (χ0) is 13.5. The van der Waals surface area contributed by atoms with Crippen LogP contribution in [0.1, 0.15) is 19.4 Å². The highest BCUT2D eigenvalue weighted by Gasteiger charge is 2.03. The van der Waals surface area contributed by atoms with Crippen LogP contribution in [0.15, 0.2) is 18.2 Å². The van der Waals surface area contributed by atoms with Crippen molar-refractivity contribution in [2.75, 3.05) is 13.1 Å². The topological polar surface area (TPSA) is 81.6 Å². The van der Waals surface area contributed by atoms with Crippen LogP contribution in [0.25, 0.3) is 0 Å². The zero-order valence-corrected chi connectivity index (χ0v) is 10.7. The van der Waals surface area contributed by atoms with Gasteiger partial charge >= 0.3 is 0 Å². The zero-order valence-electron chi connectivity index (χ0n) is 10.7. The molecule has 0 aliphatic heterocycles. The molecule has 0 atom stereocenters. The average molecular weight is 252 g/mol. The molecule has 0 fully saturated rings. The van der Waals surface area contributed by atoms with Gasteiger partial charge in [-0.1, -0.05) is 19.9 Å².